The van der Waals surface area contributed by atoms with Gasteiger partial charge in [0.15, 0.2) is 5.82 Å². The van der Waals surface area contributed by atoms with Crippen molar-refractivity contribution < 1.29 is 13.3 Å². The van der Waals surface area contributed by atoms with E-state index in [4.69, 9.17) is 0 Å². The Labute approximate surface area is 222 Å². The number of nitrogens with zero attached hydrogens (tertiary/aromatic N) is 3. The molecule has 9 heteroatoms. The van der Waals surface area contributed by atoms with Crippen LogP contribution in [-0.2, 0) is 12.8 Å². The van der Waals surface area contributed by atoms with Crippen LogP contribution in [0.15, 0.2) is 80.8 Å². The molecule has 0 amide bonds. The maximum Gasteiger partial charge on any atom is 0.439 e. The van der Waals surface area contributed by atoms with Gasteiger partial charge in [0.25, 0.3) is 5.56 Å². The van der Waals surface area contributed by atoms with E-state index in [1.54, 1.807) is 61.5 Å². The molecule has 0 radical (unpaired) electrons. The molecule has 0 saturated heterocycles. The van der Waals surface area contributed by atoms with Crippen LogP contribution < -0.4 is 11.3 Å². The molecular weight excluding hydrogens is 502 g/mol. The number of benzene rings is 3. The lowest BCUT2D eigenvalue weighted by Gasteiger charge is -2.13. The van der Waals surface area contributed by atoms with Crippen molar-refractivity contribution in [2.24, 2.45) is 0 Å². The lowest BCUT2D eigenvalue weighted by Crippen LogP contribution is -2.22. The van der Waals surface area contributed by atoms with Crippen LogP contribution >= 0.6 is 0 Å². The minimum absolute atomic E-state index is 0.0140. The Hall–Kier alpha value is -4.66. The summed E-state index contributed by atoms with van der Waals surface area (Å²) in [5.41, 5.74) is 2.93. The van der Waals surface area contributed by atoms with Crippen LogP contribution in [0.25, 0.3) is 28.2 Å². The van der Waals surface area contributed by atoms with E-state index in [-0.39, 0.29) is 23.4 Å². The van der Waals surface area contributed by atoms with Crippen molar-refractivity contribution in [3.05, 3.63) is 122 Å². The number of hydrogen-bond donors (Lipinski definition) is 1. The van der Waals surface area contributed by atoms with Crippen LogP contribution in [0.5, 0.6) is 0 Å². The van der Waals surface area contributed by atoms with Crippen molar-refractivity contribution in [2.75, 3.05) is 0 Å². The van der Waals surface area contributed by atoms with Crippen LogP contribution in [0.2, 0.25) is 0 Å². The highest BCUT2D eigenvalue weighted by Gasteiger charge is 2.17. The zero-order valence-electron chi connectivity index (χ0n) is 21.5. The summed E-state index contributed by atoms with van der Waals surface area (Å²) in [5.74, 6) is -1.44. The first kappa shape index (κ1) is 26.0. The van der Waals surface area contributed by atoms with E-state index in [1.165, 1.54) is 16.7 Å². The zero-order valence-corrected chi connectivity index (χ0v) is 21.5. The highest BCUT2D eigenvalue weighted by atomic mass is 19.1. The molecule has 7 nitrogen and oxygen atoms in total. The molecule has 198 valence electrons. The number of aryl methyl sites for hydroxylation is 2. The van der Waals surface area contributed by atoms with Gasteiger partial charge in [-0.2, -0.15) is 0 Å². The lowest BCUT2D eigenvalue weighted by atomic mass is 9.95. The predicted molar refractivity (Wildman–Crippen MR) is 144 cm³/mol. The largest absolute Gasteiger partial charge is 0.439 e. The third-order valence-electron chi connectivity index (χ3n) is 6.55. The summed E-state index contributed by atoms with van der Waals surface area (Å²) in [7, 11) is 0. The number of aromatic nitrogens is 4. The van der Waals surface area contributed by atoms with Crippen LogP contribution in [0, 0.1) is 18.6 Å². The molecule has 0 atom stereocenters. The van der Waals surface area contributed by atoms with E-state index < -0.39 is 17.4 Å². The van der Waals surface area contributed by atoms with Gasteiger partial charge in [-0.1, -0.05) is 54.9 Å². The number of H-pyrrole nitrogens is 1. The van der Waals surface area contributed by atoms with Gasteiger partial charge in [-0.3, -0.25) is 18.9 Å². The highest BCUT2D eigenvalue weighted by molar-refractivity contribution is 5.80. The van der Waals surface area contributed by atoms with E-state index in [1.807, 2.05) is 0 Å². The fraction of sp³-hybridized carbons (Fsp3) is 0.200. The molecule has 0 bridgehead atoms. The molecule has 0 saturated carbocycles. The van der Waals surface area contributed by atoms with Crippen LogP contribution in [0.4, 0.5) is 8.78 Å². The molecule has 2 heterocycles. The molecule has 1 N–H and O–H groups in total. The van der Waals surface area contributed by atoms with Gasteiger partial charge >= 0.3 is 5.76 Å². The fourth-order valence-electron chi connectivity index (χ4n) is 4.68. The summed E-state index contributed by atoms with van der Waals surface area (Å²) in [6.07, 6.45) is 2.68. The standard InChI is InChI=1S/C30H26F2N4O3/c1-3-4-9-21-17-28(37)36(18(2)33-21)22-10-7-8-19(13-22)14-25-26(31)15-20(16-27(25)32)23-11-5-6-12-24(23)29-34-30(38)39-35-29/h5-8,10-13,15-17H,3-4,9,14H2,1-2H3,(H,34,35,38). The van der Waals surface area contributed by atoms with E-state index in [0.717, 1.165) is 25.0 Å². The number of hydrogen-bond acceptors (Lipinski definition) is 5. The van der Waals surface area contributed by atoms with E-state index >= 15 is 8.78 Å². The Morgan fingerprint density at radius 2 is 1.69 bits per heavy atom. The maximum atomic E-state index is 15.3. The molecular formula is C30H26F2N4O3. The van der Waals surface area contributed by atoms with Crippen molar-refractivity contribution in [1.82, 2.24) is 19.7 Å². The lowest BCUT2D eigenvalue weighted by molar-refractivity contribution is 0.388. The quantitative estimate of drug-likeness (QED) is 0.276. The number of rotatable bonds is 8. The van der Waals surface area contributed by atoms with Gasteiger partial charge in [0.2, 0.25) is 0 Å². The first-order chi connectivity index (χ1) is 18.8. The minimum Gasteiger partial charge on any atom is -0.296 e. The molecule has 0 spiro atoms. The first-order valence-corrected chi connectivity index (χ1v) is 12.7. The number of halogens is 2. The van der Waals surface area contributed by atoms with Crippen molar-refractivity contribution in [3.8, 4) is 28.2 Å². The SMILES string of the molecule is CCCCc1cc(=O)n(-c2cccc(Cc3c(F)cc(-c4ccccc4-c4noc(=O)[nH]4)cc3F)c2)c(C)n1. The summed E-state index contributed by atoms with van der Waals surface area (Å²) < 4.78 is 36.7. The van der Waals surface area contributed by atoms with Gasteiger partial charge in [-0.25, -0.2) is 18.6 Å². The zero-order chi connectivity index (χ0) is 27.5. The smallest absolute Gasteiger partial charge is 0.296 e. The highest BCUT2D eigenvalue weighted by Crippen LogP contribution is 2.32. The summed E-state index contributed by atoms with van der Waals surface area (Å²) in [6, 6.07) is 17.9. The molecule has 2 aromatic heterocycles. The van der Waals surface area contributed by atoms with Crippen molar-refractivity contribution in [2.45, 2.75) is 39.5 Å². The van der Waals surface area contributed by atoms with Crippen LogP contribution in [0.3, 0.4) is 0 Å². The third-order valence-corrected chi connectivity index (χ3v) is 6.55. The Morgan fingerprint density at radius 3 is 2.36 bits per heavy atom. The Bertz CT molecular complexity index is 1750. The second-order valence-corrected chi connectivity index (χ2v) is 9.33. The number of nitrogens with one attached hydrogen (secondary N) is 1. The van der Waals surface area contributed by atoms with Gasteiger partial charge in [0, 0.05) is 29.3 Å². The molecule has 0 aliphatic rings. The fourth-order valence-corrected chi connectivity index (χ4v) is 4.68. The molecule has 5 aromatic rings. The summed E-state index contributed by atoms with van der Waals surface area (Å²) in [4.78, 5) is 31.3. The first-order valence-electron chi connectivity index (χ1n) is 12.7. The van der Waals surface area contributed by atoms with Crippen molar-refractivity contribution in [3.63, 3.8) is 0 Å². The molecule has 0 aliphatic carbocycles. The Kier molecular flexibility index (Phi) is 7.31. The van der Waals surface area contributed by atoms with Crippen LogP contribution in [-0.4, -0.2) is 19.7 Å². The summed E-state index contributed by atoms with van der Waals surface area (Å²) in [5, 5.41) is 3.69. The Balaban J connectivity index is 1.46. The summed E-state index contributed by atoms with van der Waals surface area (Å²) >= 11 is 0. The number of unbranched alkanes of at least 4 members (excludes halogenated alkanes) is 1. The molecule has 0 fully saturated rings. The molecule has 39 heavy (non-hydrogen) atoms. The van der Waals surface area contributed by atoms with Crippen molar-refractivity contribution in [1.29, 1.82) is 0 Å². The normalized spacial score (nSPS) is 11.2. The van der Waals surface area contributed by atoms with Crippen molar-refractivity contribution >= 4 is 0 Å². The minimum atomic E-state index is -0.726. The second kappa shape index (κ2) is 11.0. The van der Waals surface area contributed by atoms with Gasteiger partial charge in [-0.05, 0) is 60.7 Å². The van der Waals surface area contributed by atoms with E-state index in [9.17, 15) is 9.59 Å². The third kappa shape index (κ3) is 5.47. The average molecular weight is 529 g/mol. The van der Waals surface area contributed by atoms with Gasteiger partial charge in [-0.15, -0.1) is 0 Å². The second-order valence-electron chi connectivity index (χ2n) is 9.33. The molecule has 0 unspecified atom stereocenters. The van der Waals surface area contributed by atoms with Gasteiger partial charge < -0.3 is 0 Å². The summed E-state index contributed by atoms with van der Waals surface area (Å²) in [6.45, 7) is 3.85. The monoisotopic (exact) mass is 528 g/mol. The van der Waals surface area contributed by atoms with Gasteiger partial charge in [0.1, 0.15) is 17.5 Å². The van der Waals surface area contributed by atoms with Crippen LogP contribution in [0.1, 0.15) is 42.4 Å². The number of aromatic amines is 1. The van der Waals surface area contributed by atoms with E-state index in [2.05, 4.69) is 26.6 Å². The molecule has 0 aliphatic heterocycles. The van der Waals surface area contributed by atoms with Gasteiger partial charge in [0.05, 0.1) is 5.69 Å². The topological polar surface area (TPSA) is 93.8 Å². The maximum absolute atomic E-state index is 15.3. The molecule has 3 aromatic carbocycles. The average Bonchev–Trinajstić information content (AvgIpc) is 3.35. The molecule has 5 rings (SSSR count). The van der Waals surface area contributed by atoms with E-state index in [0.29, 0.717) is 33.8 Å². The Morgan fingerprint density at radius 1 is 0.949 bits per heavy atom. The predicted octanol–water partition coefficient (Wildman–Crippen LogP) is 5.76.